The zero-order valence-corrected chi connectivity index (χ0v) is 20.4. The van der Waals surface area contributed by atoms with Crippen molar-refractivity contribution < 1.29 is 22.4 Å². The molecule has 2 aromatic carbocycles. The van der Waals surface area contributed by atoms with E-state index in [2.05, 4.69) is 5.32 Å². The monoisotopic (exact) mass is 478 g/mol. The number of nitrogens with one attached hydrogen (secondary N) is 1. The molecule has 2 aromatic rings. The summed E-state index contributed by atoms with van der Waals surface area (Å²) in [7, 11) is -1.38. The second kappa shape index (κ2) is 11.2. The van der Waals surface area contributed by atoms with Gasteiger partial charge >= 0.3 is 10.2 Å². The van der Waals surface area contributed by atoms with E-state index in [1.54, 1.807) is 13.8 Å². The summed E-state index contributed by atoms with van der Waals surface area (Å²) in [5.74, 6) is -1.44. The maximum Gasteiger partial charge on any atom is 0.304 e. The molecule has 0 saturated carbocycles. The van der Waals surface area contributed by atoms with Gasteiger partial charge in [0.2, 0.25) is 11.8 Å². The summed E-state index contributed by atoms with van der Waals surface area (Å²) >= 11 is 0. The molecule has 2 amide bonds. The number of likely N-dealkylation sites (N-methyl/N-ethyl adjacent to an activating group) is 1. The van der Waals surface area contributed by atoms with Gasteiger partial charge in [-0.2, -0.15) is 12.7 Å². The van der Waals surface area contributed by atoms with Crippen molar-refractivity contribution in [1.82, 2.24) is 14.5 Å². The van der Waals surface area contributed by atoms with E-state index in [0.29, 0.717) is 6.54 Å². The van der Waals surface area contributed by atoms with Crippen LogP contribution in [0.4, 0.5) is 10.1 Å². The molecule has 180 valence electrons. The van der Waals surface area contributed by atoms with Gasteiger partial charge in [0.25, 0.3) is 0 Å². The van der Waals surface area contributed by atoms with Gasteiger partial charge in [-0.3, -0.25) is 9.59 Å². The molecule has 10 heteroatoms. The quantitative estimate of drug-likeness (QED) is 0.568. The van der Waals surface area contributed by atoms with Gasteiger partial charge < -0.3 is 10.2 Å². The number of amides is 2. The van der Waals surface area contributed by atoms with Crippen LogP contribution in [-0.4, -0.2) is 62.7 Å². The van der Waals surface area contributed by atoms with Crippen molar-refractivity contribution in [3.63, 3.8) is 0 Å². The minimum absolute atomic E-state index is 0.128. The van der Waals surface area contributed by atoms with E-state index in [-0.39, 0.29) is 18.1 Å². The Morgan fingerprint density at radius 1 is 1.06 bits per heavy atom. The molecule has 0 aliphatic rings. The highest BCUT2D eigenvalue weighted by atomic mass is 32.2. The van der Waals surface area contributed by atoms with Gasteiger partial charge in [-0.15, -0.1) is 0 Å². The maximum atomic E-state index is 13.5. The molecule has 0 aromatic heterocycles. The molecule has 2 rings (SSSR count). The second-order valence-electron chi connectivity index (χ2n) is 7.79. The molecule has 0 unspecified atom stereocenters. The minimum Gasteiger partial charge on any atom is -0.355 e. The molecule has 1 N–H and O–H groups in total. The average Bonchev–Trinajstić information content (AvgIpc) is 2.77. The highest BCUT2D eigenvalue weighted by Gasteiger charge is 2.32. The van der Waals surface area contributed by atoms with Crippen LogP contribution in [-0.2, 0) is 26.3 Å². The lowest BCUT2D eigenvalue weighted by atomic mass is 10.1. The zero-order chi connectivity index (χ0) is 24.8. The number of carbonyl (C=O) groups is 2. The Morgan fingerprint density at radius 3 is 2.21 bits per heavy atom. The Labute approximate surface area is 195 Å². The van der Waals surface area contributed by atoms with Crippen LogP contribution in [0.1, 0.15) is 25.0 Å². The van der Waals surface area contributed by atoms with Crippen LogP contribution in [0.5, 0.6) is 0 Å². The fraction of sp³-hybridized carbons (Fsp3) is 0.391. The van der Waals surface area contributed by atoms with Crippen LogP contribution in [0.15, 0.2) is 48.5 Å². The highest BCUT2D eigenvalue weighted by Crippen LogP contribution is 2.21. The van der Waals surface area contributed by atoms with Gasteiger partial charge in [-0.1, -0.05) is 24.3 Å². The molecule has 0 heterocycles. The lowest BCUT2D eigenvalue weighted by Crippen LogP contribution is -2.52. The van der Waals surface area contributed by atoms with Gasteiger partial charge in [0.15, 0.2) is 0 Å². The Balaban J connectivity index is 2.45. The van der Waals surface area contributed by atoms with Crippen LogP contribution in [0.25, 0.3) is 0 Å². The van der Waals surface area contributed by atoms with Crippen LogP contribution >= 0.6 is 0 Å². The summed E-state index contributed by atoms with van der Waals surface area (Å²) in [5.41, 5.74) is 1.92. The first-order chi connectivity index (χ1) is 15.5. The van der Waals surface area contributed by atoms with E-state index in [4.69, 9.17) is 0 Å². The van der Waals surface area contributed by atoms with Gasteiger partial charge in [-0.25, -0.2) is 8.70 Å². The molecule has 0 radical (unpaired) electrons. The van der Waals surface area contributed by atoms with E-state index in [9.17, 15) is 22.4 Å². The van der Waals surface area contributed by atoms with Crippen molar-refractivity contribution in [2.45, 2.75) is 33.4 Å². The summed E-state index contributed by atoms with van der Waals surface area (Å²) in [6, 6.07) is 11.5. The van der Waals surface area contributed by atoms with E-state index in [1.807, 2.05) is 31.2 Å². The fourth-order valence-corrected chi connectivity index (χ4v) is 4.26. The molecule has 0 bridgehead atoms. The summed E-state index contributed by atoms with van der Waals surface area (Å²) < 4.78 is 41.3. The van der Waals surface area contributed by atoms with Crippen molar-refractivity contribution >= 4 is 27.7 Å². The number of nitrogens with zero attached hydrogens (tertiary/aromatic N) is 3. The Kier molecular flexibility index (Phi) is 8.95. The highest BCUT2D eigenvalue weighted by molar-refractivity contribution is 7.90. The lowest BCUT2D eigenvalue weighted by molar-refractivity contribution is -0.139. The van der Waals surface area contributed by atoms with Crippen molar-refractivity contribution in [3.05, 3.63) is 65.5 Å². The van der Waals surface area contributed by atoms with Crippen molar-refractivity contribution in [2.24, 2.45) is 0 Å². The fourth-order valence-electron chi connectivity index (χ4n) is 3.20. The van der Waals surface area contributed by atoms with E-state index in [0.717, 1.165) is 31.9 Å². The van der Waals surface area contributed by atoms with E-state index < -0.39 is 34.5 Å². The smallest absolute Gasteiger partial charge is 0.304 e. The maximum absolute atomic E-state index is 13.5. The number of carbonyl (C=O) groups excluding carboxylic acids is 2. The molecule has 0 saturated heterocycles. The molecule has 1 atom stereocenters. The minimum atomic E-state index is -4.07. The molecule has 0 spiro atoms. The van der Waals surface area contributed by atoms with Crippen LogP contribution in [0.2, 0.25) is 0 Å². The second-order valence-corrected chi connectivity index (χ2v) is 9.86. The van der Waals surface area contributed by atoms with Gasteiger partial charge in [0, 0.05) is 27.2 Å². The zero-order valence-electron chi connectivity index (χ0n) is 19.6. The third-order valence-electron chi connectivity index (χ3n) is 5.25. The van der Waals surface area contributed by atoms with Gasteiger partial charge in [-0.05, 0) is 56.2 Å². The average molecular weight is 479 g/mol. The number of benzene rings is 2. The molecular formula is C23H31FN4O4S. The van der Waals surface area contributed by atoms with Crippen molar-refractivity contribution in [1.29, 1.82) is 0 Å². The first-order valence-corrected chi connectivity index (χ1v) is 12.0. The Morgan fingerprint density at radius 2 is 1.67 bits per heavy atom. The van der Waals surface area contributed by atoms with Gasteiger partial charge in [0.05, 0.1) is 5.69 Å². The summed E-state index contributed by atoms with van der Waals surface area (Å²) in [6.45, 7) is 5.25. The number of hydrogen-bond donors (Lipinski definition) is 1. The summed E-state index contributed by atoms with van der Waals surface area (Å²) in [5, 5.41) is 2.71. The predicted molar refractivity (Wildman–Crippen MR) is 126 cm³/mol. The standard InChI is InChI=1S/C23H31FN4O4S/c1-6-25-23(30)18(3)27(15-19-10-8-7-9-17(19)2)22(29)16-28(33(31,32)26(4)5)21-13-11-20(24)12-14-21/h7-14,18H,6,15-16H2,1-5H3,(H,25,30)/t18-/m0/s1. The molecule has 0 fully saturated rings. The lowest BCUT2D eigenvalue weighted by Gasteiger charge is -2.33. The first-order valence-electron chi connectivity index (χ1n) is 10.6. The largest absolute Gasteiger partial charge is 0.355 e. The SMILES string of the molecule is CCNC(=O)[C@H](C)N(Cc1ccccc1C)C(=O)CN(c1ccc(F)cc1)S(=O)(=O)N(C)C. The molecular weight excluding hydrogens is 447 g/mol. The van der Waals surface area contributed by atoms with Crippen molar-refractivity contribution in [3.8, 4) is 0 Å². The topological polar surface area (TPSA) is 90.0 Å². The molecule has 33 heavy (non-hydrogen) atoms. The molecule has 0 aliphatic carbocycles. The van der Waals surface area contributed by atoms with E-state index >= 15 is 0 Å². The molecule has 0 aliphatic heterocycles. The number of hydrogen-bond acceptors (Lipinski definition) is 4. The number of halogens is 1. The number of anilines is 1. The molecule has 8 nitrogen and oxygen atoms in total. The Bertz CT molecular complexity index is 1070. The van der Waals surface area contributed by atoms with Crippen LogP contribution < -0.4 is 9.62 Å². The predicted octanol–water partition coefficient (Wildman–Crippen LogP) is 2.30. The third kappa shape index (κ3) is 6.52. The van der Waals surface area contributed by atoms with Crippen LogP contribution in [0, 0.1) is 12.7 Å². The normalized spacial score (nSPS) is 12.3. The first kappa shape index (κ1) is 26.3. The number of rotatable bonds is 10. The van der Waals surface area contributed by atoms with E-state index in [1.165, 1.54) is 31.1 Å². The van der Waals surface area contributed by atoms with Gasteiger partial charge in [0.1, 0.15) is 18.4 Å². The summed E-state index contributed by atoms with van der Waals surface area (Å²) in [4.78, 5) is 27.4. The van der Waals surface area contributed by atoms with Crippen molar-refractivity contribution in [2.75, 3.05) is 31.5 Å². The number of aryl methyl sites for hydroxylation is 1. The third-order valence-corrected chi connectivity index (χ3v) is 7.07. The Hall–Kier alpha value is -2.98. The van der Waals surface area contributed by atoms with Crippen LogP contribution in [0.3, 0.4) is 0 Å². The summed E-state index contributed by atoms with van der Waals surface area (Å²) in [6.07, 6.45) is 0.